The Balaban J connectivity index is 2.28. The molecule has 0 saturated carbocycles. The number of rotatable bonds is 4. The quantitative estimate of drug-likeness (QED) is 0.813. The number of carbonyl (C=O) groups is 1. The maximum Gasteiger partial charge on any atom is 0.410 e. The Morgan fingerprint density at radius 1 is 1.33 bits per heavy atom. The first-order valence-corrected chi connectivity index (χ1v) is 6.65. The summed E-state index contributed by atoms with van der Waals surface area (Å²) in [5, 5.41) is 0. The molecule has 3 nitrogen and oxygen atoms in total. The number of ether oxygens (including phenoxy) is 1. The van der Waals surface area contributed by atoms with Gasteiger partial charge in [0, 0.05) is 0 Å². The molecule has 2 atom stereocenters. The summed E-state index contributed by atoms with van der Waals surface area (Å²) in [6, 6.07) is 10.5. The van der Waals surface area contributed by atoms with Crippen LogP contribution in [0.2, 0.25) is 0 Å². The van der Waals surface area contributed by atoms with E-state index in [2.05, 4.69) is 32.9 Å². The van der Waals surface area contributed by atoms with E-state index < -0.39 is 0 Å². The lowest BCUT2D eigenvalue weighted by Crippen LogP contribution is -2.39. The fourth-order valence-electron chi connectivity index (χ4n) is 2.59. The van der Waals surface area contributed by atoms with Crippen molar-refractivity contribution in [3.05, 3.63) is 35.9 Å². The first-order chi connectivity index (χ1) is 8.65. The van der Waals surface area contributed by atoms with Crippen molar-refractivity contribution >= 4 is 6.09 Å². The van der Waals surface area contributed by atoms with Gasteiger partial charge in [0.2, 0.25) is 0 Å². The summed E-state index contributed by atoms with van der Waals surface area (Å²) in [7, 11) is 0. The first-order valence-electron chi connectivity index (χ1n) is 6.65. The SMILES string of the molecule is CC[C@@H](c1ccccc1)N1C(=O)OC[C@@H]1C(C)C. The zero-order valence-electron chi connectivity index (χ0n) is 11.3. The molecule has 0 N–H and O–H groups in total. The summed E-state index contributed by atoms with van der Waals surface area (Å²) in [5.74, 6) is 0.411. The van der Waals surface area contributed by atoms with Crippen LogP contribution in [-0.4, -0.2) is 23.6 Å². The van der Waals surface area contributed by atoms with E-state index in [4.69, 9.17) is 4.74 Å². The van der Waals surface area contributed by atoms with E-state index in [-0.39, 0.29) is 18.2 Å². The number of nitrogens with zero attached hydrogens (tertiary/aromatic N) is 1. The highest BCUT2D eigenvalue weighted by atomic mass is 16.6. The van der Waals surface area contributed by atoms with E-state index in [1.54, 1.807) is 0 Å². The summed E-state index contributed by atoms with van der Waals surface area (Å²) in [5.41, 5.74) is 1.18. The van der Waals surface area contributed by atoms with Gasteiger partial charge in [0.1, 0.15) is 6.61 Å². The lowest BCUT2D eigenvalue weighted by atomic mass is 9.97. The average molecular weight is 247 g/mol. The van der Waals surface area contributed by atoms with Crippen LogP contribution in [0.25, 0.3) is 0 Å². The molecule has 1 aromatic carbocycles. The summed E-state index contributed by atoms with van der Waals surface area (Å²) in [6.07, 6.45) is 0.729. The summed E-state index contributed by atoms with van der Waals surface area (Å²) in [4.78, 5) is 13.9. The van der Waals surface area contributed by atoms with E-state index in [0.29, 0.717) is 12.5 Å². The predicted molar refractivity (Wildman–Crippen MR) is 71.3 cm³/mol. The zero-order valence-corrected chi connectivity index (χ0v) is 11.3. The van der Waals surface area contributed by atoms with Gasteiger partial charge in [0.15, 0.2) is 0 Å². The van der Waals surface area contributed by atoms with Crippen LogP contribution in [0.15, 0.2) is 30.3 Å². The molecule has 18 heavy (non-hydrogen) atoms. The highest BCUT2D eigenvalue weighted by molar-refractivity contribution is 5.71. The second-order valence-corrected chi connectivity index (χ2v) is 5.13. The second kappa shape index (κ2) is 5.42. The van der Waals surface area contributed by atoms with E-state index in [9.17, 15) is 4.79 Å². The molecule has 0 radical (unpaired) electrons. The Morgan fingerprint density at radius 3 is 2.56 bits per heavy atom. The van der Waals surface area contributed by atoms with Gasteiger partial charge < -0.3 is 4.74 Å². The third kappa shape index (κ3) is 2.35. The van der Waals surface area contributed by atoms with Crippen LogP contribution >= 0.6 is 0 Å². The molecular formula is C15H21NO2. The van der Waals surface area contributed by atoms with Gasteiger partial charge in [-0.15, -0.1) is 0 Å². The molecule has 1 heterocycles. The third-order valence-corrected chi connectivity index (χ3v) is 3.62. The minimum atomic E-state index is -0.176. The van der Waals surface area contributed by atoms with Crippen molar-refractivity contribution < 1.29 is 9.53 Å². The molecule has 0 unspecified atom stereocenters. The second-order valence-electron chi connectivity index (χ2n) is 5.13. The Kier molecular flexibility index (Phi) is 3.90. The van der Waals surface area contributed by atoms with Crippen molar-refractivity contribution in [1.82, 2.24) is 4.90 Å². The van der Waals surface area contributed by atoms with Crippen molar-refractivity contribution in [2.45, 2.75) is 39.3 Å². The largest absolute Gasteiger partial charge is 0.447 e. The van der Waals surface area contributed by atoms with Gasteiger partial charge in [0.25, 0.3) is 0 Å². The van der Waals surface area contributed by atoms with Gasteiger partial charge in [-0.3, -0.25) is 4.90 Å². The zero-order chi connectivity index (χ0) is 13.1. The van der Waals surface area contributed by atoms with Crippen LogP contribution in [0.4, 0.5) is 4.79 Å². The number of carbonyl (C=O) groups excluding carboxylic acids is 1. The van der Waals surface area contributed by atoms with Crippen LogP contribution in [0.3, 0.4) is 0 Å². The van der Waals surface area contributed by atoms with Gasteiger partial charge in [0.05, 0.1) is 12.1 Å². The number of cyclic esters (lactones) is 1. The Hall–Kier alpha value is -1.51. The topological polar surface area (TPSA) is 29.5 Å². The van der Waals surface area contributed by atoms with E-state index >= 15 is 0 Å². The van der Waals surface area contributed by atoms with Gasteiger partial charge in [-0.2, -0.15) is 0 Å². The number of hydrogen-bond donors (Lipinski definition) is 0. The van der Waals surface area contributed by atoms with Crippen LogP contribution in [0.5, 0.6) is 0 Å². The number of hydrogen-bond acceptors (Lipinski definition) is 2. The minimum Gasteiger partial charge on any atom is -0.447 e. The van der Waals surface area contributed by atoms with Crippen molar-refractivity contribution in [1.29, 1.82) is 0 Å². The molecule has 1 aliphatic heterocycles. The fourth-order valence-corrected chi connectivity index (χ4v) is 2.59. The Morgan fingerprint density at radius 2 is 2.00 bits per heavy atom. The van der Waals surface area contributed by atoms with E-state index in [1.807, 2.05) is 23.1 Å². The third-order valence-electron chi connectivity index (χ3n) is 3.62. The van der Waals surface area contributed by atoms with Gasteiger partial charge >= 0.3 is 6.09 Å². The molecule has 0 spiro atoms. The fraction of sp³-hybridized carbons (Fsp3) is 0.533. The maximum absolute atomic E-state index is 12.0. The van der Waals surface area contributed by atoms with Gasteiger partial charge in [-0.25, -0.2) is 4.79 Å². The molecule has 1 fully saturated rings. The average Bonchev–Trinajstić information content (AvgIpc) is 2.74. The van der Waals surface area contributed by atoms with Crippen molar-refractivity contribution in [3.8, 4) is 0 Å². The molecule has 3 heteroatoms. The molecule has 1 aliphatic rings. The predicted octanol–water partition coefficient (Wildman–Crippen LogP) is 3.61. The van der Waals surface area contributed by atoms with Crippen molar-refractivity contribution in [2.24, 2.45) is 5.92 Å². The molecule has 0 bridgehead atoms. The lowest BCUT2D eigenvalue weighted by Gasteiger charge is -2.32. The normalized spacial score (nSPS) is 21.2. The highest BCUT2D eigenvalue weighted by Crippen LogP contribution is 2.32. The Labute approximate surface area is 109 Å². The Bertz CT molecular complexity index is 402. The van der Waals surface area contributed by atoms with Crippen LogP contribution in [0.1, 0.15) is 38.8 Å². The number of amides is 1. The van der Waals surface area contributed by atoms with Gasteiger partial charge in [-0.05, 0) is 17.9 Å². The molecule has 98 valence electrons. The maximum atomic E-state index is 12.0. The molecule has 0 aromatic heterocycles. The highest BCUT2D eigenvalue weighted by Gasteiger charge is 2.39. The summed E-state index contributed by atoms with van der Waals surface area (Å²) >= 11 is 0. The van der Waals surface area contributed by atoms with Crippen LogP contribution in [-0.2, 0) is 4.74 Å². The van der Waals surface area contributed by atoms with E-state index in [0.717, 1.165) is 6.42 Å². The first kappa shape index (κ1) is 12.9. The molecule has 1 saturated heterocycles. The summed E-state index contributed by atoms with van der Waals surface area (Å²) in [6.45, 7) is 6.90. The van der Waals surface area contributed by atoms with Crippen molar-refractivity contribution in [3.63, 3.8) is 0 Å². The van der Waals surface area contributed by atoms with Crippen LogP contribution < -0.4 is 0 Å². The monoisotopic (exact) mass is 247 g/mol. The lowest BCUT2D eigenvalue weighted by molar-refractivity contribution is 0.137. The standard InChI is InChI=1S/C15H21NO2/c1-4-13(12-8-6-5-7-9-12)16-14(11(2)3)10-18-15(16)17/h5-9,11,13-14H,4,10H2,1-3H3/t13-,14+/m0/s1. The van der Waals surface area contributed by atoms with Crippen molar-refractivity contribution in [2.75, 3.05) is 6.61 Å². The summed E-state index contributed by atoms with van der Waals surface area (Å²) < 4.78 is 5.23. The molecule has 0 aliphatic carbocycles. The number of benzene rings is 1. The molecular weight excluding hydrogens is 226 g/mol. The van der Waals surface area contributed by atoms with Crippen LogP contribution in [0, 0.1) is 5.92 Å². The van der Waals surface area contributed by atoms with E-state index in [1.165, 1.54) is 5.56 Å². The molecule has 1 amide bonds. The molecule has 2 rings (SSSR count). The smallest absolute Gasteiger partial charge is 0.410 e. The minimum absolute atomic E-state index is 0.119. The molecule has 1 aromatic rings. The van der Waals surface area contributed by atoms with Gasteiger partial charge in [-0.1, -0.05) is 51.1 Å².